The highest BCUT2D eigenvalue weighted by atomic mass is 35.5. The summed E-state index contributed by atoms with van der Waals surface area (Å²) < 4.78 is 13.5. The third-order valence-electron chi connectivity index (χ3n) is 2.54. The summed E-state index contributed by atoms with van der Waals surface area (Å²) in [5, 5.41) is 4.06. The molecular formula is C14H12ClFN2OS. The topological polar surface area (TPSA) is 41.5 Å². The molecule has 0 atom stereocenters. The molecule has 0 aliphatic heterocycles. The average molecular weight is 311 g/mol. The molecule has 0 bridgehead atoms. The summed E-state index contributed by atoms with van der Waals surface area (Å²) in [6.07, 6.45) is 1.41. The number of aryl methyl sites for hydroxylation is 1. The van der Waals surface area contributed by atoms with Gasteiger partial charge in [-0.1, -0.05) is 17.7 Å². The first kappa shape index (κ1) is 14.7. The maximum atomic E-state index is 13.5. The van der Waals surface area contributed by atoms with E-state index < -0.39 is 11.7 Å². The largest absolute Gasteiger partial charge is 0.273 e. The van der Waals surface area contributed by atoms with Gasteiger partial charge in [0, 0.05) is 20.3 Å². The van der Waals surface area contributed by atoms with Gasteiger partial charge in [-0.25, -0.2) is 9.82 Å². The van der Waals surface area contributed by atoms with E-state index in [0.29, 0.717) is 0 Å². The number of nitrogens with zero attached hydrogens (tertiary/aromatic N) is 1. The summed E-state index contributed by atoms with van der Waals surface area (Å²) in [7, 11) is 0. The van der Waals surface area contributed by atoms with Crippen molar-refractivity contribution in [3.63, 3.8) is 0 Å². The minimum atomic E-state index is -0.495. The molecule has 1 amide bonds. The van der Waals surface area contributed by atoms with Gasteiger partial charge in [-0.15, -0.1) is 11.3 Å². The van der Waals surface area contributed by atoms with Crippen LogP contribution in [0.4, 0.5) is 4.39 Å². The molecule has 1 heterocycles. The molecule has 1 N–H and O–H groups in total. The van der Waals surface area contributed by atoms with Crippen molar-refractivity contribution >= 4 is 35.1 Å². The monoisotopic (exact) mass is 310 g/mol. The first-order valence-electron chi connectivity index (χ1n) is 5.87. The van der Waals surface area contributed by atoms with Crippen LogP contribution in [0.5, 0.6) is 0 Å². The first-order valence-corrected chi connectivity index (χ1v) is 7.07. The Morgan fingerprint density at radius 2 is 2.25 bits per heavy atom. The highest BCUT2D eigenvalue weighted by molar-refractivity contribution is 7.13. The number of thiophene rings is 1. The summed E-state index contributed by atoms with van der Waals surface area (Å²) in [5.74, 6) is -0.910. The van der Waals surface area contributed by atoms with Crippen LogP contribution in [-0.4, -0.2) is 12.1 Å². The molecule has 0 fully saturated rings. The van der Waals surface area contributed by atoms with Gasteiger partial charge < -0.3 is 0 Å². The molecule has 1 aromatic heterocycles. The van der Waals surface area contributed by atoms with Crippen molar-refractivity contribution in [1.82, 2.24) is 5.43 Å². The SMILES string of the molecule is Cc1ccc(C=NNC(=O)Cc2c(F)cccc2Cl)s1. The lowest BCUT2D eigenvalue weighted by atomic mass is 10.1. The zero-order valence-electron chi connectivity index (χ0n) is 10.7. The van der Waals surface area contributed by atoms with E-state index in [0.717, 1.165) is 9.75 Å². The molecule has 0 saturated heterocycles. The van der Waals surface area contributed by atoms with Crippen LogP contribution in [0, 0.1) is 12.7 Å². The molecule has 0 aliphatic carbocycles. The fraction of sp³-hybridized carbons (Fsp3) is 0.143. The third kappa shape index (κ3) is 3.88. The lowest BCUT2D eigenvalue weighted by Gasteiger charge is -2.04. The van der Waals surface area contributed by atoms with Crippen LogP contribution in [0.3, 0.4) is 0 Å². The Balaban J connectivity index is 1.94. The van der Waals surface area contributed by atoms with E-state index >= 15 is 0 Å². The van der Waals surface area contributed by atoms with E-state index in [1.807, 2.05) is 19.1 Å². The molecule has 0 radical (unpaired) electrons. The molecule has 1 aromatic carbocycles. The smallest absolute Gasteiger partial charge is 0.244 e. The van der Waals surface area contributed by atoms with Gasteiger partial charge in [0.25, 0.3) is 0 Å². The number of carbonyl (C=O) groups is 1. The van der Waals surface area contributed by atoms with Gasteiger partial charge in [-0.2, -0.15) is 5.10 Å². The second-order valence-corrected chi connectivity index (χ2v) is 5.85. The maximum Gasteiger partial charge on any atom is 0.244 e. The standard InChI is InChI=1S/C14H12ClFN2OS/c1-9-5-6-10(20-9)8-17-18-14(19)7-11-12(15)3-2-4-13(11)16/h2-6,8H,7H2,1H3,(H,18,19). The van der Waals surface area contributed by atoms with Crippen molar-refractivity contribution in [2.24, 2.45) is 5.10 Å². The van der Waals surface area contributed by atoms with E-state index in [1.165, 1.54) is 12.1 Å². The van der Waals surface area contributed by atoms with Crippen LogP contribution < -0.4 is 5.43 Å². The Kier molecular flexibility index (Phi) is 4.87. The van der Waals surface area contributed by atoms with E-state index in [1.54, 1.807) is 23.6 Å². The Labute approximate surface area is 125 Å². The van der Waals surface area contributed by atoms with Crippen molar-refractivity contribution in [2.45, 2.75) is 13.3 Å². The zero-order chi connectivity index (χ0) is 14.5. The van der Waals surface area contributed by atoms with Crippen LogP contribution in [0.15, 0.2) is 35.4 Å². The summed E-state index contributed by atoms with van der Waals surface area (Å²) in [4.78, 5) is 13.8. The highest BCUT2D eigenvalue weighted by Crippen LogP contribution is 2.19. The van der Waals surface area contributed by atoms with Gasteiger partial charge >= 0.3 is 0 Å². The second kappa shape index (κ2) is 6.63. The van der Waals surface area contributed by atoms with Crippen molar-refractivity contribution < 1.29 is 9.18 Å². The van der Waals surface area contributed by atoms with Crippen molar-refractivity contribution in [2.75, 3.05) is 0 Å². The van der Waals surface area contributed by atoms with Gasteiger partial charge in [0.1, 0.15) is 5.82 Å². The summed E-state index contributed by atoms with van der Waals surface area (Å²) >= 11 is 7.42. The molecule has 104 valence electrons. The Morgan fingerprint density at radius 3 is 2.90 bits per heavy atom. The number of hydrogen-bond donors (Lipinski definition) is 1. The Bertz CT molecular complexity index is 634. The normalized spacial score (nSPS) is 10.9. The number of halogens is 2. The van der Waals surface area contributed by atoms with Crippen LogP contribution in [0.25, 0.3) is 0 Å². The predicted octanol–water partition coefficient (Wildman–Crippen LogP) is 3.54. The summed E-state index contributed by atoms with van der Waals surface area (Å²) in [6, 6.07) is 8.18. The van der Waals surface area contributed by atoms with E-state index in [4.69, 9.17) is 11.6 Å². The molecule has 20 heavy (non-hydrogen) atoms. The second-order valence-electron chi connectivity index (χ2n) is 4.12. The summed E-state index contributed by atoms with van der Waals surface area (Å²) in [6.45, 7) is 1.99. The number of hydrogen-bond acceptors (Lipinski definition) is 3. The maximum absolute atomic E-state index is 13.5. The lowest BCUT2D eigenvalue weighted by molar-refractivity contribution is -0.120. The minimum Gasteiger partial charge on any atom is -0.273 e. The molecule has 6 heteroatoms. The Morgan fingerprint density at radius 1 is 1.45 bits per heavy atom. The van der Waals surface area contributed by atoms with Gasteiger partial charge in [-0.3, -0.25) is 4.79 Å². The van der Waals surface area contributed by atoms with E-state index in [-0.39, 0.29) is 17.0 Å². The number of carbonyl (C=O) groups excluding carboxylic acids is 1. The number of nitrogens with one attached hydrogen (secondary N) is 1. The molecular weight excluding hydrogens is 299 g/mol. The third-order valence-corrected chi connectivity index (χ3v) is 3.83. The molecule has 2 aromatic rings. The molecule has 2 rings (SSSR count). The molecule has 0 saturated carbocycles. The lowest BCUT2D eigenvalue weighted by Crippen LogP contribution is -2.20. The highest BCUT2D eigenvalue weighted by Gasteiger charge is 2.11. The summed E-state index contributed by atoms with van der Waals surface area (Å²) in [5.41, 5.74) is 2.53. The predicted molar refractivity (Wildman–Crippen MR) is 79.9 cm³/mol. The quantitative estimate of drug-likeness (QED) is 0.681. The molecule has 3 nitrogen and oxygen atoms in total. The average Bonchev–Trinajstić information content (AvgIpc) is 2.80. The van der Waals surface area contributed by atoms with Gasteiger partial charge in [0.15, 0.2) is 0 Å². The van der Waals surface area contributed by atoms with Gasteiger partial charge in [0.05, 0.1) is 12.6 Å². The zero-order valence-corrected chi connectivity index (χ0v) is 12.3. The first-order chi connectivity index (χ1) is 9.56. The number of amides is 1. The van der Waals surface area contributed by atoms with Gasteiger partial charge in [-0.05, 0) is 31.2 Å². The molecule has 0 unspecified atom stereocenters. The van der Waals surface area contributed by atoms with E-state index in [9.17, 15) is 9.18 Å². The van der Waals surface area contributed by atoms with Crippen molar-refractivity contribution in [3.05, 3.63) is 56.5 Å². The number of rotatable bonds is 4. The van der Waals surface area contributed by atoms with Crippen LogP contribution in [0.2, 0.25) is 5.02 Å². The van der Waals surface area contributed by atoms with E-state index in [2.05, 4.69) is 10.5 Å². The minimum absolute atomic E-state index is 0.147. The Hall–Kier alpha value is -1.72. The van der Waals surface area contributed by atoms with Crippen LogP contribution in [-0.2, 0) is 11.2 Å². The van der Waals surface area contributed by atoms with Crippen LogP contribution >= 0.6 is 22.9 Å². The number of benzene rings is 1. The molecule has 0 aliphatic rings. The fourth-order valence-electron chi connectivity index (χ4n) is 1.59. The van der Waals surface area contributed by atoms with Crippen LogP contribution in [0.1, 0.15) is 15.3 Å². The van der Waals surface area contributed by atoms with Crippen molar-refractivity contribution in [1.29, 1.82) is 0 Å². The molecule has 0 spiro atoms. The number of hydrazone groups is 1. The van der Waals surface area contributed by atoms with Crippen molar-refractivity contribution in [3.8, 4) is 0 Å². The van der Waals surface area contributed by atoms with Gasteiger partial charge in [0.2, 0.25) is 5.91 Å². The fourth-order valence-corrected chi connectivity index (χ4v) is 2.57.